The highest BCUT2D eigenvalue weighted by Crippen LogP contribution is 2.35. The Morgan fingerprint density at radius 1 is 1.21 bits per heavy atom. The molecule has 0 fully saturated rings. The van der Waals surface area contributed by atoms with Crippen LogP contribution in [0.5, 0.6) is 0 Å². The van der Waals surface area contributed by atoms with Gasteiger partial charge in [0.25, 0.3) is 5.91 Å². The van der Waals surface area contributed by atoms with Gasteiger partial charge in [-0.05, 0) is 36.2 Å². The molecule has 0 saturated heterocycles. The van der Waals surface area contributed by atoms with Crippen LogP contribution in [0.15, 0.2) is 29.2 Å². The number of benzene rings is 1. The first-order valence-electron chi connectivity index (χ1n) is 11.2. The zero-order valence-electron chi connectivity index (χ0n) is 19.6. The summed E-state index contributed by atoms with van der Waals surface area (Å²) in [4.78, 5) is 27.9. The Hall–Kier alpha value is -2.27. The van der Waals surface area contributed by atoms with Gasteiger partial charge in [-0.25, -0.2) is 13.2 Å². The molecule has 2 heterocycles. The van der Waals surface area contributed by atoms with Gasteiger partial charge in [0.2, 0.25) is 10.0 Å². The largest absolute Gasteiger partial charge is 0.465 e. The molecule has 10 heteroatoms. The molecule has 0 aliphatic carbocycles. The molecule has 1 atom stereocenters. The van der Waals surface area contributed by atoms with Crippen molar-refractivity contribution in [3.63, 3.8) is 0 Å². The van der Waals surface area contributed by atoms with Crippen LogP contribution >= 0.6 is 11.3 Å². The number of carbonyl (C=O) groups excluding carboxylic acids is 2. The maximum Gasteiger partial charge on any atom is 0.341 e. The van der Waals surface area contributed by atoms with Crippen molar-refractivity contribution in [3.8, 4) is 0 Å². The molecular formula is C23H32N3O5S2+. The fraction of sp³-hybridized carbons (Fsp3) is 0.478. The Labute approximate surface area is 199 Å². The molecule has 1 amide bonds. The van der Waals surface area contributed by atoms with Crippen molar-refractivity contribution in [1.82, 2.24) is 4.31 Å². The van der Waals surface area contributed by atoms with E-state index >= 15 is 0 Å². The van der Waals surface area contributed by atoms with Gasteiger partial charge < -0.3 is 15.0 Å². The summed E-state index contributed by atoms with van der Waals surface area (Å²) in [6, 6.07) is 5.91. The first-order valence-corrected chi connectivity index (χ1v) is 13.4. The number of anilines is 1. The SMILES string of the molecule is CCCCN(CC)S(=O)(=O)c1ccc(C(=O)Nc2sc3c(c2C(=O)OC)CC[NH+](C)C3)cc1. The number of carbonyl (C=O) groups is 2. The molecule has 0 spiro atoms. The lowest BCUT2D eigenvalue weighted by atomic mass is 10.0. The molecule has 1 aliphatic rings. The lowest BCUT2D eigenvalue weighted by Gasteiger charge is -2.20. The summed E-state index contributed by atoms with van der Waals surface area (Å²) in [6.45, 7) is 6.38. The van der Waals surface area contributed by atoms with Crippen LogP contribution in [0.1, 0.15) is 57.8 Å². The number of unbranched alkanes of at least 4 members (excludes halogenated alkanes) is 1. The Kier molecular flexibility index (Phi) is 8.28. The topological polar surface area (TPSA) is 97.2 Å². The number of hydrogen-bond acceptors (Lipinski definition) is 6. The van der Waals surface area contributed by atoms with Gasteiger partial charge in [0.05, 0.1) is 36.0 Å². The number of ether oxygens (including phenoxy) is 1. The van der Waals surface area contributed by atoms with Gasteiger partial charge >= 0.3 is 5.97 Å². The molecule has 1 aromatic carbocycles. The predicted molar refractivity (Wildman–Crippen MR) is 129 cm³/mol. The number of rotatable bonds is 9. The summed E-state index contributed by atoms with van der Waals surface area (Å²) in [5, 5.41) is 3.32. The minimum atomic E-state index is -3.61. The monoisotopic (exact) mass is 494 g/mol. The molecule has 3 rings (SSSR count). The molecule has 0 radical (unpaired) electrons. The van der Waals surface area contributed by atoms with E-state index in [0.29, 0.717) is 29.2 Å². The number of sulfonamides is 1. The van der Waals surface area contributed by atoms with Crippen molar-refractivity contribution in [1.29, 1.82) is 0 Å². The number of esters is 1. The Balaban J connectivity index is 1.82. The van der Waals surface area contributed by atoms with Gasteiger partial charge in [-0.2, -0.15) is 4.31 Å². The van der Waals surface area contributed by atoms with Gasteiger partial charge in [-0.15, -0.1) is 11.3 Å². The van der Waals surface area contributed by atoms with E-state index < -0.39 is 21.9 Å². The van der Waals surface area contributed by atoms with Crippen LogP contribution in [0.25, 0.3) is 0 Å². The molecule has 2 aromatic rings. The van der Waals surface area contributed by atoms with Gasteiger partial charge in [0, 0.05) is 25.1 Å². The fourth-order valence-electron chi connectivity index (χ4n) is 3.91. The quantitative estimate of drug-likeness (QED) is 0.521. The highest BCUT2D eigenvalue weighted by molar-refractivity contribution is 7.89. The highest BCUT2D eigenvalue weighted by Gasteiger charge is 2.30. The van der Waals surface area contributed by atoms with E-state index in [2.05, 4.69) is 12.4 Å². The molecule has 0 bridgehead atoms. The lowest BCUT2D eigenvalue weighted by Crippen LogP contribution is -3.08. The van der Waals surface area contributed by atoms with Crippen LogP contribution < -0.4 is 10.2 Å². The number of nitrogens with one attached hydrogen (secondary N) is 2. The van der Waals surface area contributed by atoms with E-state index in [-0.39, 0.29) is 4.90 Å². The van der Waals surface area contributed by atoms with Gasteiger partial charge in [-0.1, -0.05) is 20.3 Å². The van der Waals surface area contributed by atoms with Gasteiger partial charge in [0.15, 0.2) is 0 Å². The first-order chi connectivity index (χ1) is 15.7. The van der Waals surface area contributed by atoms with E-state index in [4.69, 9.17) is 4.74 Å². The average molecular weight is 495 g/mol. The Morgan fingerprint density at radius 3 is 2.52 bits per heavy atom. The number of amides is 1. The second-order valence-electron chi connectivity index (χ2n) is 8.16. The number of fused-ring (bicyclic) bond motifs is 1. The summed E-state index contributed by atoms with van der Waals surface area (Å²) in [7, 11) is -0.189. The van der Waals surface area contributed by atoms with Gasteiger partial charge in [0.1, 0.15) is 11.5 Å². The van der Waals surface area contributed by atoms with Crippen molar-refractivity contribution in [3.05, 3.63) is 45.8 Å². The zero-order valence-corrected chi connectivity index (χ0v) is 21.2. The molecule has 2 N–H and O–H groups in total. The summed E-state index contributed by atoms with van der Waals surface area (Å²) >= 11 is 1.40. The molecule has 0 saturated carbocycles. The standard InChI is InChI=1S/C23H31N3O5S2/c1-5-7-13-26(6-2)33(29,30)17-10-8-16(9-11-17)21(27)24-22-20(23(28)31-4)18-12-14-25(3)15-19(18)32-22/h8-11H,5-7,12-15H2,1-4H3,(H,24,27)/p+1. The van der Waals surface area contributed by atoms with Crippen molar-refractivity contribution < 1.29 is 27.6 Å². The van der Waals surface area contributed by atoms with Crippen LogP contribution in [0.3, 0.4) is 0 Å². The van der Waals surface area contributed by atoms with Crippen molar-refractivity contribution in [2.45, 2.75) is 44.6 Å². The summed E-state index contributed by atoms with van der Waals surface area (Å²) in [5.74, 6) is -0.864. The lowest BCUT2D eigenvalue weighted by molar-refractivity contribution is -0.895. The van der Waals surface area contributed by atoms with Crippen LogP contribution in [-0.2, 0) is 27.7 Å². The van der Waals surface area contributed by atoms with E-state index in [9.17, 15) is 18.0 Å². The van der Waals surface area contributed by atoms with Crippen LogP contribution in [-0.4, -0.2) is 58.4 Å². The van der Waals surface area contributed by atoms with Crippen LogP contribution in [0, 0.1) is 0 Å². The zero-order chi connectivity index (χ0) is 24.2. The molecular weight excluding hydrogens is 462 g/mol. The molecule has 8 nitrogen and oxygen atoms in total. The summed E-state index contributed by atoms with van der Waals surface area (Å²) in [5.41, 5.74) is 1.68. The van der Waals surface area contributed by atoms with E-state index in [1.165, 1.54) is 51.9 Å². The number of likely N-dealkylation sites (N-methyl/N-ethyl adjacent to an activating group) is 1. The van der Waals surface area contributed by atoms with E-state index in [1.807, 2.05) is 13.8 Å². The molecule has 1 aliphatic heterocycles. The van der Waals surface area contributed by atoms with Crippen LogP contribution in [0.2, 0.25) is 0 Å². The number of quaternary nitrogens is 1. The van der Waals surface area contributed by atoms with E-state index in [1.54, 1.807) is 0 Å². The predicted octanol–water partition coefficient (Wildman–Crippen LogP) is 2.17. The molecule has 180 valence electrons. The molecule has 1 unspecified atom stereocenters. The normalized spacial score (nSPS) is 15.8. The number of methoxy groups -OCH3 is 1. The third-order valence-corrected chi connectivity index (χ3v) is 8.98. The van der Waals surface area contributed by atoms with Crippen molar-refractivity contribution in [2.75, 3.05) is 39.1 Å². The molecule has 1 aromatic heterocycles. The summed E-state index contributed by atoms with van der Waals surface area (Å²) < 4.78 is 32.2. The van der Waals surface area contributed by atoms with Crippen molar-refractivity contribution >= 4 is 38.2 Å². The van der Waals surface area contributed by atoms with Crippen LogP contribution in [0.4, 0.5) is 5.00 Å². The average Bonchev–Trinajstić information content (AvgIpc) is 3.15. The third kappa shape index (κ3) is 5.46. The second kappa shape index (κ2) is 10.8. The van der Waals surface area contributed by atoms with Gasteiger partial charge in [-0.3, -0.25) is 4.79 Å². The maximum absolute atomic E-state index is 12.9. The maximum atomic E-state index is 12.9. The minimum absolute atomic E-state index is 0.157. The minimum Gasteiger partial charge on any atom is -0.465 e. The Morgan fingerprint density at radius 2 is 1.91 bits per heavy atom. The smallest absolute Gasteiger partial charge is 0.341 e. The number of nitrogens with zero attached hydrogens (tertiary/aromatic N) is 1. The number of hydrogen-bond donors (Lipinski definition) is 2. The molecule has 33 heavy (non-hydrogen) atoms. The highest BCUT2D eigenvalue weighted by atomic mass is 32.2. The second-order valence-corrected chi connectivity index (χ2v) is 11.2. The van der Waals surface area contributed by atoms with Crippen molar-refractivity contribution in [2.24, 2.45) is 0 Å². The third-order valence-electron chi connectivity index (χ3n) is 5.84. The Bertz CT molecular complexity index is 1110. The number of thiophene rings is 1. The summed E-state index contributed by atoms with van der Waals surface area (Å²) in [6.07, 6.45) is 2.44. The first kappa shape index (κ1) is 25.4. The van der Waals surface area contributed by atoms with E-state index in [0.717, 1.165) is 42.8 Å². The fourth-order valence-corrected chi connectivity index (χ4v) is 6.74.